The summed E-state index contributed by atoms with van der Waals surface area (Å²) in [5.41, 5.74) is 7.91. The van der Waals surface area contributed by atoms with Crippen molar-refractivity contribution in [3.8, 4) is 0 Å². The lowest BCUT2D eigenvalue weighted by atomic mass is 10.1. The molecule has 0 atom stereocenters. The number of nitrogen functional groups attached to an aromatic ring is 1. The number of aryl methyl sites for hydroxylation is 1. The van der Waals surface area contributed by atoms with Gasteiger partial charge in [-0.15, -0.1) is 11.3 Å². The second-order valence-electron chi connectivity index (χ2n) is 5.42. The zero-order valence-corrected chi connectivity index (χ0v) is 12.7. The van der Waals surface area contributed by atoms with Crippen LogP contribution in [0.15, 0.2) is 18.2 Å². The van der Waals surface area contributed by atoms with Gasteiger partial charge in [0.15, 0.2) is 0 Å². The van der Waals surface area contributed by atoms with Crippen molar-refractivity contribution in [2.45, 2.75) is 20.8 Å². The van der Waals surface area contributed by atoms with Gasteiger partial charge in [0.05, 0.1) is 5.69 Å². The highest BCUT2D eigenvalue weighted by atomic mass is 32.1. The molecule has 2 rings (SSSR count). The van der Waals surface area contributed by atoms with Crippen LogP contribution in [0.4, 0.5) is 5.69 Å². The van der Waals surface area contributed by atoms with Gasteiger partial charge in [-0.2, -0.15) is 0 Å². The summed E-state index contributed by atoms with van der Waals surface area (Å²) in [5.74, 6) is 0.469. The van der Waals surface area contributed by atoms with Crippen LogP contribution in [-0.2, 0) is 0 Å². The van der Waals surface area contributed by atoms with Crippen molar-refractivity contribution in [2.75, 3.05) is 19.3 Å². The molecule has 0 saturated carbocycles. The Hall–Kier alpha value is -1.55. The van der Waals surface area contributed by atoms with Crippen LogP contribution in [0.3, 0.4) is 0 Å². The monoisotopic (exact) mass is 276 g/mol. The molecule has 1 aromatic heterocycles. The molecule has 0 aliphatic heterocycles. The second kappa shape index (κ2) is 5.21. The van der Waals surface area contributed by atoms with E-state index >= 15 is 0 Å². The van der Waals surface area contributed by atoms with E-state index in [2.05, 4.69) is 13.8 Å². The number of nitrogens with two attached hydrogens (primary N) is 1. The van der Waals surface area contributed by atoms with E-state index in [9.17, 15) is 4.79 Å². The predicted octanol–water partition coefficient (Wildman–Crippen LogP) is 3.52. The Kier molecular flexibility index (Phi) is 3.80. The highest BCUT2D eigenvalue weighted by molar-refractivity contribution is 7.21. The van der Waals surface area contributed by atoms with Crippen molar-refractivity contribution in [2.24, 2.45) is 5.92 Å². The van der Waals surface area contributed by atoms with Gasteiger partial charge in [-0.25, -0.2) is 0 Å². The maximum atomic E-state index is 12.4. The first kappa shape index (κ1) is 13.9. The van der Waals surface area contributed by atoms with Crippen molar-refractivity contribution in [1.82, 2.24) is 4.90 Å². The summed E-state index contributed by atoms with van der Waals surface area (Å²) in [7, 11) is 1.83. The van der Waals surface area contributed by atoms with Gasteiger partial charge >= 0.3 is 0 Å². The molecule has 1 aromatic carbocycles. The first-order valence-electron chi connectivity index (χ1n) is 6.44. The minimum Gasteiger partial charge on any atom is -0.397 e. The van der Waals surface area contributed by atoms with Crippen molar-refractivity contribution >= 4 is 33.0 Å². The minimum absolute atomic E-state index is 0.0186. The number of thiophene rings is 1. The van der Waals surface area contributed by atoms with Crippen LogP contribution in [0.2, 0.25) is 0 Å². The number of carbonyl (C=O) groups is 1. The summed E-state index contributed by atoms with van der Waals surface area (Å²) in [6.45, 7) is 6.97. The second-order valence-corrected chi connectivity index (χ2v) is 6.48. The van der Waals surface area contributed by atoms with Crippen molar-refractivity contribution in [3.63, 3.8) is 0 Å². The van der Waals surface area contributed by atoms with E-state index in [1.54, 1.807) is 4.90 Å². The number of hydrogen-bond acceptors (Lipinski definition) is 3. The molecule has 3 nitrogen and oxygen atoms in total. The summed E-state index contributed by atoms with van der Waals surface area (Å²) in [6.07, 6.45) is 0. The highest BCUT2D eigenvalue weighted by Crippen LogP contribution is 2.34. The van der Waals surface area contributed by atoms with Crippen LogP contribution in [0, 0.1) is 12.8 Å². The fourth-order valence-electron chi connectivity index (χ4n) is 2.19. The molecule has 0 unspecified atom stereocenters. The summed E-state index contributed by atoms with van der Waals surface area (Å²) in [4.78, 5) is 14.8. The quantitative estimate of drug-likeness (QED) is 0.932. The van der Waals surface area contributed by atoms with Crippen LogP contribution in [-0.4, -0.2) is 24.4 Å². The van der Waals surface area contributed by atoms with E-state index in [0.29, 0.717) is 16.5 Å². The number of fused-ring (bicyclic) bond motifs is 1. The first-order chi connectivity index (χ1) is 8.90. The van der Waals surface area contributed by atoms with Crippen molar-refractivity contribution in [1.29, 1.82) is 0 Å². The molecule has 0 spiro atoms. The van der Waals surface area contributed by atoms with Crippen LogP contribution >= 0.6 is 11.3 Å². The zero-order valence-electron chi connectivity index (χ0n) is 11.9. The third-order valence-corrected chi connectivity index (χ3v) is 4.24. The third-order valence-electron chi connectivity index (χ3n) is 3.06. The van der Waals surface area contributed by atoms with Crippen LogP contribution < -0.4 is 5.73 Å². The first-order valence-corrected chi connectivity index (χ1v) is 7.26. The van der Waals surface area contributed by atoms with Gasteiger partial charge in [-0.1, -0.05) is 25.5 Å². The van der Waals surface area contributed by atoms with E-state index in [1.165, 1.54) is 11.3 Å². The molecule has 0 aliphatic rings. The van der Waals surface area contributed by atoms with E-state index in [4.69, 9.17) is 5.73 Å². The topological polar surface area (TPSA) is 46.3 Å². The Balaban J connectivity index is 2.40. The number of carbonyl (C=O) groups excluding carboxylic acids is 1. The van der Waals surface area contributed by atoms with E-state index in [1.807, 2.05) is 32.2 Å². The zero-order chi connectivity index (χ0) is 14.2. The number of amides is 1. The van der Waals surface area contributed by atoms with Crippen LogP contribution in [0.25, 0.3) is 10.1 Å². The molecule has 102 valence electrons. The fourth-order valence-corrected chi connectivity index (χ4v) is 3.29. The number of nitrogens with zero attached hydrogens (tertiary/aromatic N) is 1. The number of anilines is 1. The van der Waals surface area contributed by atoms with Gasteiger partial charge in [0.25, 0.3) is 5.91 Å². The molecular weight excluding hydrogens is 256 g/mol. The maximum Gasteiger partial charge on any atom is 0.265 e. The smallest absolute Gasteiger partial charge is 0.265 e. The molecule has 1 amide bonds. The molecular formula is C15H20N2OS. The number of hydrogen-bond donors (Lipinski definition) is 1. The average molecular weight is 276 g/mol. The van der Waals surface area contributed by atoms with E-state index < -0.39 is 0 Å². The lowest BCUT2D eigenvalue weighted by Crippen LogP contribution is -2.30. The molecule has 4 heteroatoms. The molecule has 0 aliphatic carbocycles. The van der Waals surface area contributed by atoms with Gasteiger partial charge in [-0.3, -0.25) is 4.79 Å². The minimum atomic E-state index is 0.0186. The van der Waals surface area contributed by atoms with E-state index in [-0.39, 0.29) is 5.91 Å². The Morgan fingerprint density at radius 2 is 2.11 bits per heavy atom. The molecule has 1 heterocycles. The van der Waals surface area contributed by atoms with E-state index in [0.717, 1.165) is 22.2 Å². The largest absolute Gasteiger partial charge is 0.397 e. The van der Waals surface area contributed by atoms with Gasteiger partial charge in [0, 0.05) is 23.7 Å². The maximum absolute atomic E-state index is 12.4. The van der Waals surface area contributed by atoms with Gasteiger partial charge in [0.2, 0.25) is 0 Å². The molecule has 2 N–H and O–H groups in total. The average Bonchev–Trinajstić information content (AvgIpc) is 2.65. The Morgan fingerprint density at radius 1 is 1.42 bits per heavy atom. The summed E-state index contributed by atoms with van der Waals surface area (Å²) in [6, 6.07) is 6.12. The SMILES string of the molecule is Cc1ccc2sc(C(=O)N(C)CC(C)C)c(N)c2c1. The Morgan fingerprint density at radius 3 is 2.74 bits per heavy atom. The van der Waals surface area contributed by atoms with Crippen molar-refractivity contribution < 1.29 is 4.79 Å². The molecule has 0 radical (unpaired) electrons. The Bertz CT molecular complexity index is 616. The summed E-state index contributed by atoms with van der Waals surface area (Å²) >= 11 is 1.48. The predicted molar refractivity (Wildman–Crippen MR) is 82.8 cm³/mol. The van der Waals surface area contributed by atoms with Gasteiger partial charge in [0.1, 0.15) is 4.88 Å². The fraction of sp³-hybridized carbons (Fsp3) is 0.400. The molecule has 2 aromatic rings. The lowest BCUT2D eigenvalue weighted by molar-refractivity contribution is 0.0785. The lowest BCUT2D eigenvalue weighted by Gasteiger charge is -2.18. The third kappa shape index (κ3) is 2.73. The standard InChI is InChI=1S/C15H20N2OS/c1-9(2)8-17(4)15(18)14-13(16)11-7-10(3)5-6-12(11)19-14/h5-7,9H,8,16H2,1-4H3. The normalized spacial score (nSPS) is 11.2. The van der Waals surface area contributed by atoms with Crippen LogP contribution in [0.1, 0.15) is 29.1 Å². The number of rotatable bonds is 3. The molecule has 19 heavy (non-hydrogen) atoms. The van der Waals surface area contributed by atoms with Gasteiger partial charge < -0.3 is 10.6 Å². The number of benzene rings is 1. The van der Waals surface area contributed by atoms with Gasteiger partial charge in [-0.05, 0) is 25.0 Å². The Labute approximate surface area is 118 Å². The summed E-state index contributed by atoms with van der Waals surface area (Å²) < 4.78 is 1.07. The molecule has 0 bridgehead atoms. The van der Waals surface area contributed by atoms with Crippen molar-refractivity contribution in [3.05, 3.63) is 28.6 Å². The summed E-state index contributed by atoms with van der Waals surface area (Å²) in [5, 5.41) is 0.992. The molecule has 0 fully saturated rings. The van der Waals surface area contributed by atoms with Crippen LogP contribution in [0.5, 0.6) is 0 Å². The highest BCUT2D eigenvalue weighted by Gasteiger charge is 2.20. The molecule has 0 saturated heterocycles.